The van der Waals surface area contributed by atoms with Crippen molar-refractivity contribution in [3.8, 4) is 0 Å². The lowest BCUT2D eigenvalue weighted by atomic mass is 10.0. The van der Waals surface area contributed by atoms with Crippen LogP contribution < -0.4 is 10.2 Å². The maximum Gasteiger partial charge on any atom is 0.128 e. The summed E-state index contributed by atoms with van der Waals surface area (Å²) in [5.74, 6) is 1.85. The third kappa shape index (κ3) is 3.00. The first-order valence-electron chi connectivity index (χ1n) is 8.37. The fraction of sp³-hybridized carbons (Fsp3) is 0.421. The van der Waals surface area contributed by atoms with E-state index in [0.29, 0.717) is 12.1 Å². The van der Waals surface area contributed by atoms with Crippen LogP contribution in [-0.4, -0.2) is 30.2 Å². The molecule has 2 atom stereocenters. The molecule has 1 aromatic heterocycles. The van der Waals surface area contributed by atoms with Gasteiger partial charge in [-0.25, -0.2) is 4.98 Å². The topological polar surface area (TPSA) is 28.2 Å². The van der Waals surface area contributed by atoms with Crippen LogP contribution in [0.25, 0.3) is 0 Å². The molecule has 0 amide bonds. The van der Waals surface area contributed by atoms with Crippen LogP contribution in [0.5, 0.6) is 0 Å². The molecule has 2 aromatic rings. The minimum Gasteiger partial charge on any atom is -0.357 e. The molecule has 1 aromatic carbocycles. The molecule has 1 saturated heterocycles. The van der Waals surface area contributed by atoms with Gasteiger partial charge in [-0.1, -0.05) is 36.4 Å². The monoisotopic (exact) mass is 293 g/mol. The minimum atomic E-state index is 0.665. The minimum absolute atomic E-state index is 0.665. The second-order valence-corrected chi connectivity index (χ2v) is 6.48. The van der Waals surface area contributed by atoms with Crippen molar-refractivity contribution in [2.45, 2.75) is 37.3 Å². The van der Waals surface area contributed by atoms with Gasteiger partial charge in [-0.15, -0.1) is 0 Å². The van der Waals surface area contributed by atoms with E-state index in [0.717, 1.165) is 24.8 Å². The van der Waals surface area contributed by atoms with Crippen molar-refractivity contribution in [3.63, 3.8) is 0 Å². The standard InChI is InChI=1S/C19H23N3/c1-2-6-15(7-3-1)17-14-18(17)21-16-9-12-22(13-10-16)19-8-4-5-11-20-19/h1-8,11,16-18,21H,9-10,12-14H2/t17-,18+/m1/s1. The van der Waals surface area contributed by atoms with Gasteiger partial charge < -0.3 is 10.2 Å². The lowest BCUT2D eigenvalue weighted by Gasteiger charge is -2.33. The van der Waals surface area contributed by atoms with Crippen LogP contribution in [0.15, 0.2) is 54.7 Å². The van der Waals surface area contributed by atoms with Crippen molar-refractivity contribution in [1.29, 1.82) is 0 Å². The Balaban J connectivity index is 1.27. The average Bonchev–Trinajstić information content (AvgIpc) is 3.36. The van der Waals surface area contributed by atoms with Crippen molar-refractivity contribution in [3.05, 3.63) is 60.3 Å². The van der Waals surface area contributed by atoms with E-state index in [1.807, 2.05) is 12.3 Å². The first kappa shape index (κ1) is 13.8. The highest BCUT2D eigenvalue weighted by molar-refractivity contribution is 5.38. The number of nitrogens with zero attached hydrogens (tertiary/aromatic N) is 2. The van der Waals surface area contributed by atoms with E-state index in [4.69, 9.17) is 0 Å². The quantitative estimate of drug-likeness (QED) is 0.938. The lowest BCUT2D eigenvalue weighted by Crippen LogP contribution is -2.43. The van der Waals surface area contributed by atoms with Crippen LogP contribution in [0.4, 0.5) is 5.82 Å². The summed E-state index contributed by atoms with van der Waals surface area (Å²) >= 11 is 0. The van der Waals surface area contributed by atoms with Crippen molar-refractivity contribution in [1.82, 2.24) is 10.3 Å². The van der Waals surface area contributed by atoms with Gasteiger partial charge >= 0.3 is 0 Å². The van der Waals surface area contributed by atoms with E-state index in [2.05, 4.69) is 57.7 Å². The first-order chi connectivity index (χ1) is 10.9. The molecule has 1 N–H and O–H groups in total. The van der Waals surface area contributed by atoms with Gasteiger partial charge in [0, 0.05) is 37.3 Å². The number of anilines is 1. The summed E-state index contributed by atoms with van der Waals surface area (Å²) in [6.45, 7) is 2.22. The van der Waals surface area contributed by atoms with Gasteiger partial charge in [-0.3, -0.25) is 0 Å². The summed E-state index contributed by atoms with van der Waals surface area (Å²) in [4.78, 5) is 6.86. The summed E-state index contributed by atoms with van der Waals surface area (Å²) in [6, 6.07) is 18.4. The van der Waals surface area contributed by atoms with Crippen LogP contribution >= 0.6 is 0 Å². The Morgan fingerprint density at radius 1 is 0.955 bits per heavy atom. The van der Waals surface area contributed by atoms with Crippen LogP contribution in [0, 0.1) is 0 Å². The van der Waals surface area contributed by atoms with E-state index in [1.165, 1.54) is 24.8 Å². The largest absolute Gasteiger partial charge is 0.357 e. The number of aromatic nitrogens is 1. The zero-order valence-corrected chi connectivity index (χ0v) is 12.9. The van der Waals surface area contributed by atoms with Gasteiger partial charge in [0.25, 0.3) is 0 Å². The Morgan fingerprint density at radius 2 is 1.73 bits per heavy atom. The van der Waals surface area contributed by atoms with Crippen molar-refractivity contribution in [2.24, 2.45) is 0 Å². The predicted molar refractivity (Wildman–Crippen MR) is 90.2 cm³/mol. The Bertz CT molecular complexity index is 591. The highest BCUT2D eigenvalue weighted by Crippen LogP contribution is 2.41. The maximum absolute atomic E-state index is 4.46. The number of pyridine rings is 1. The van der Waals surface area contributed by atoms with Crippen LogP contribution in [-0.2, 0) is 0 Å². The average molecular weight is 293 g/mol. The molecular formula is C19H23N3. The summed E-state index contributed by atoms with van der Waals surface area (Å²) in [7, 11) is 0. The Labute approximate surface area is 132 Å². The summed E-state index contributed by atoms with van der Waals surface area (Å²) in [5.41, 5.74) is 1.49. The Kier molecular flexibility index (Phi) is 3.81. The molecule has 22 heavy (non-hydrogen) atoms. The van der Waals surface area contributed by atoms with Gasteiger partial charge in [0.15, 0.2) is 0 Å². The number of benzene rings is 1. The molecule has 0 bridgehead atoms. The fourth-order valence-corrected chi connectivity index (χ4v) is 3.57. The number of nitrogens with one attached hydrogen (secondary N) is 1. The number of piperidine rings is 1. The van der Waals surface area contributed by atoms with Gasteiger partial charge in [0.2, 0.25) is 0 Å². The highest BCUT2D eigenvalue weighted by atomic mass is 15.2. The fourth-order valence-electron chi connectivity index (χ4n) is 3.57. The van der Waals surface area contributed by atoms with Crippen molar-refractivity contribution >= 4 is 5.82 Å². The number of hydrogen-bond donors (Lipinski definition) is 1. The summed E-state index contributed by atoms with van der Waals surface area (Å²) in [6.07, 6.45) is 5.61. The van der Waals surface area contributed by atoms with E-state index >= 15 is 0 Å². The smallest absolute Gasteiger partial charge is 0.128 e. The van der Waals surface area contributed by atoms with E-state index in [9.17, 15) is 0 Å². The molecule has 3 nitrogen and oxygen atoms in total. The predicted octanol–water partition coefficient (Wildman–Crippen LogP) is 3.20. The molecule has 2 heterocycles. The molecule has 1 aliphatic carbocycles. The number of rotatable bonds is 4. The molecule has 4 rings (SSSR count). The SMILES string of the molecule is c1ccc([C@H]2C[C@@H]2NC2CCN(c3ccccn3)CC2)cc1. The van der Waals surface area contributed by atoms with Gasteiger partial charge in [0.1, 0.15) is 5.82 Å². The Hall–Kier alpha value is -1.87. The highest BCUT2D eigenvalue weighted by Gasteiger charge is 2.39. The van der Waals surface area contributed by atoms with Crippen LogP contribution in [0.2, 0.25) is 0 Å². The van der Waals surface area contributed by atoms with Gasteiger partial charge in [0.05, 0.1) is 0 Å². The van der Waals surface area contributed by atoms with Crippen molar-refractivity contribution < 1.29 is 0 Å². The van der Waals surface area contributed by atoms with Crippen LogP contribution in [0.1, 0.15) is 30.7 Å². The molecule has 3 heteroatoms. The second-order valence-electron chi connectivity index (χ2n) is 6.48. The van der Waals surface area contributed by atoms with E-state index in [1.54, 1.807) is 0 Å². The number of hydrogen-bond acceptors (Lipinski definition) is 3. The molecule has 0 unspecified atom stereocenters. The third-order valence-electron chi connectivity index (χ3n) is 4.94. The molecule has 2 fully saturated rings. The third-order valence-corrected chi connectivity index (χ3v) is 4.94. The van der Waals surface area contributed by atoms with Gasteiger partial charge in [-0.2, -0.15) is 0 Å². The maximum atomic E-state index is 4.46. The molecular weight excluding hydrogens is 270 g/mol. The van der Waals surface area contributed by atoms with Crippen LogP contribution in [0.3, 0.4) is 0 Å². The van der Waals surface area contributed by atoms with Gasteiger partial charge in [-0.05, 0) is 37.0 Å². The zero-order chi connectivity index (χ0) is 14.8. The molecule has 0 spiro atoms. The van der Waals surface area contributed by atoms with E-state index in [-0.39, 0.29) is 0 Å². The summed E-state index contributed by atoms with van der Waals surface area (Å²) in [5, 5.41) is 3.87. The Morgan fingerprint density at radius 3 is 2.45 bits per heavy atom. The lowest BCUT2D eigenvalue weighted by molar-refractivity contribution is 0.409. The second kappa shape index (κ2) is 6.09. The zero-order valence-electron chi connectivity index (χ0n) is 12.9. The molecule has 114 valence electrons. The molecule has 0 radical (unpaired) electrons. The van der Waals surface area contributed by atoms with E-state index < -0.39 is 0 Å². The normalized spacial score (nSPS) is 25.2. The van der Waals surface area contributed by atoms with Crippen molar-refractivity contribution in [2.75, 3.05) is 18.0 Å². The summed E-state index contributed by atoms with van der Waals surface area (Å²) < 4.78 is 0. The molecule has 1 aliphatic heterocycles. The first-order valence-corrected chi connectivity index (χ1v) is 8.37. The molecule has 1 saturated carbocycles. The molecule has 2 aliphatic rings.